The zero-order chi connectivity index (χ0) is 23.6. The fourth-order valence-electron chi connectivity index (χ4n) is 3.83. The molecular weight excluding hydrogens is 449 g/mol. The van der Waals surface area contributed by atoms with Crippen molar-refractivity contribution in [1.29, 1.82) is 0 Å². The molecule has 1 aromatic heterocycles. The highest BCUT2D eigenvalue weighted by molar-refractivity contribution is 7.89. The summed E-state index contributed by atoms with van der Waals surface area (Å²) in [5.74, 6) is -1.62. The van der Waals surface area contributed by atoms with Gasteiger partial charge in [0.05, 0.1) is 4.90 Å². The Kier molecular flexibility index (Phi) is 6.25. The number of benzene rings is 2. The molecule has 0 bridgehead atoms. The Labute approximate surface area is 189 Å². The topological polar surface area (TPSA) is 136 Å². The molecule has 4 N–H and O–H groups in total. The summed E-state index contributed by atoms with van der Waals surface area (Å²) in [7, 11) is -3.85. The third kappa shape index (κ3) is 5.10. The van der Waals surface area contributed by atoms with Crippen LogP contribution in [0.1, 0.15) is 35.7 Å². The summed E-state index contributed by atoms with van der Waals surface area (Å²) in [5.41, 5.74) is 5.59. The fourth-order valence-corrected chi connectivity index (χ4v) is 5.12. The van der Waals surface area contributed by atoms with E-state index in [2.05, 4.69) is 15.0 Å². The number of amides is 1. The van der Waals surface area contributed by atoms with E-state index in [-0.39, 0.29) is 10.8 Å². The molecule has 2 atom stereocenters. The Bertz CT molecular complexity index is 1330. The van der Waals surface area contributed by atoms with Crippen molar-refractivity contribution in [2.75, 3.05) is 11.1 Å². The monoisotopic (exact) mass is 471 g/mol. The molecule has 0 spiro atoms. The van der Waals surface area contributed by atoms with Crippen molar-refractivity contribution < 1.29 is 17.6 Å². The van der Waals surface area contributed by atoms with Crippen molar-refractivity contribution in [2.24, 2.45) is 0 Å². The van der Waals surface area contributed by atoms with Crippen LogP contribution in [-0.2, 0) is 10.0 Å². The van der Waals surface area contributed by atoms with Crippen LogP contribution >= 0.6 is 0 Å². The molecule has 1 amide bonds. The Balaban J connectivity index is 1.41. The van der Waals surface area contributed by atoms with Crippen LogP contribution in [0.2, 0.25) is 0 Å². The lowest BCUT2D eigenvalue weighted by atomic mass is 10.2. The summed E-state index contributed by atoms with van der Waals surface area (Å²) in [4.78, 5) is 27.8. The van der Waals surface area contributed by atoms with Crippen LogP contribution in [0.15, 0.2) is 70.5 Å². The predicted molar refractivity (Wildman–Crippen MR) is 121 cm³/mol. The first-order valence-electron chi connectivity index (χ1n) is 10.3. The highest BCUT2D eigenvalue weighted by Crippen LogP contribution is 2.30. The number of carbonyl (C=O) groups is 1. The first-order chi connectivity index (χ1) is 15.7. The first kappa shape index (κ1) is 22.6. The average molecular weight is 472 g/mol. The second kappa shape index (κ2) is 9.12. The van der Waals surface area contributed by atoms with E-state index in [1.54, 1.807) is 24.3 Å². The van der Waals surface area contributed by atoms with Crippen molar-refractivity contribution in [3.63, 3.8) is 0 Å². The van der Waals surface area contributed by atoms with E-state index in [9.17, 15) is 22.4 Å². The zero-order valence-corrected chi connectivity index (χ0v) is 18.3. The van der Waals surface area contributed by atoms with E-state index < -0.39 is 39.4 Å². The molecule has 0 unspecified atom stereocenters. The van der Waals surface area contributed by atoms with Crippen LogP contribution in [0.3, 0.4) is 0 Å². The molecule has 0 aliphatic heterocycles. The number of nitrogens with zero attached hydrogens (tertiary/aromatic N) is 2. The summed E-state index contributed by atoms with van der Waals surface area (Å²) in [6.45, 7) is 0. The van der Waals surface area contributed by atoms with Gasteiger partial charge in [-0.25, -0.2) is 22.3 Å². The van der Waals surface area contributed by atoms with E-state index in [0.717, 1.165) is 10.8 Å². The molecule has 1 heterocycles. The van der Waals surface area contributed by atoms with Gasteiger partial charge in [0, 0.05) is 29.5 Å². The summed E-state index contributed by atoms with van der Waals surface area (Å²) in [6.07, 6.45) is 2.27. The number of carbonyl (C=O) groups excluding carboxylic acids is 1. The standard InChI is InChI=1S/C22H22FN5O4S/c23-19-13-28(22(30)26-20(19)24)17-9-8-16(12-17)27-33(31,32)18-10-6-14(7-11-18)21(29)25-15-4-2-1-3-5-15/h1-7,10-11,13,16-17,27H,8-9,12H2,(H,25,29)(H2,24,26,30)/t16-,17-/m0/s1. The van der Waals surface area contributed by atoms with Crippen LogP contribution in [-0.4, -0.2) is 29.9 Å². The van der Waals surface area contributed by atoms with E-state index >= 15 is 0 Å². The number of sulfonamides is 1. The average Bonchev–Trinajstić information content (AvgIpc) is 3.24. The Hall–Kier alpha value is -3.57. The van der Waals surface area contributed by atoms with Crippen molar-refractivity contribution in [1.82, 2.24) is 14.3 Å². The lowest BCUT2D eigenvalue weighted by molar-refractivity contribution is 0.102. The van der Waals surface area contributed by atoms with Gasteiger partial charge >= 0.3 is 5.69 Å². The number of nitrogens with two attached hydrogens (primary N) is 1. The first-order valence-corrected chi connectivity index (χ1v) is 11.7. The number of para-hydroxylation sites is 1. The molecule has 4 rings (SSSR count). The van der Waals surface area contributed by atoms with Crippen LogP contribution in [0, 0.1) is 5.82 Å². The van der Waals surface area contributed by atoms with Gasteiger partial charge in [0.1, 0.15) is 0 Å². The minimum atomic E-state index is -3.85. The van der Waals surface area contributed by atoms with Gasteiger partial charge in [0.2, 0.25) is 10.0 Å². The summed E-state index contributed by atoms with van der Waals surface area (Å²) >= 11 is 0. The number of rotatable bonds is 6. The number of aromatic nitrogens is 2. The Morgan fingerprint density at radius 3 is 2.48 bits per heavy atom. The van der Waals surface area contributed by atoms with Crippen LogP contribution in [0.25, 0.3) is 0 Å². The zero-order valence-electron chi connectivity index (χ0n) is 17.4. The number of halogens is 1. The van der Waals surface area contributed by atoms with E-state index in [0.29, 0.717) is 30.5 Å². The molecule has 0 radical (unpaired) electrons. The molecule has 9 nitrogen and oxygen atoms in total. The summed E-state index contributed by atoms with van der Waals surface area (Å²) in [5, 5.41) is 2.74. The maximum atomic E-state index is 13.7. The number of anilines is 2. The molecule has 1 saturated carbocycles. The lowest BCUT2D eigenvalue weighted by Gasteiger charge is -2.16. The van der Waals surface area contributed by atoms with Gasteiger partial charge in [-0.1, -0.05) is 18.2 Å². The molecule has 11 heteroatoms. The normalized spacial score (nSPS) is 18.2. The SMILES string of the molecule is Nc1nc(=O)n([C@H]2CC[C@H](NS(=O)(=O)c3ccc(C(=O)Nc4ccccc4)cc3)C2)cc1F. The molecule has 172 valence electrons. The molecule has 3 aromatic rings. The fraction of sp³-hybridized carbons (Fsp3) is 0.227. The molecule has 2 aromatic carbocycles. The number of hydrogen-bond acceptors (Lipinski definition) is 6. The molecular formula is C22H22FN5O4S. The van der Waals surface area contributed by atoms with Crippen molar-refractivity contribution in [3.8, 4) is 0 Å². The van der Waals surface area contributed by atoms with E-state index in [1.165, 1.54) is 24.3 Å². The van der Waals surface area contributed by atoms with Gasteiger partial charge in [-0.05, 0) is 55.7 Å². The van der Waals surface area contributed by atoms with Gasteiger partial charge in [0.15, 0.2) is 11.6 Å². The quantitative estimate of drug-likeness (QED) is 0.505. The van der Waals surface area contributed by atoms with Crippen molar-refractivity contribution >= 4 is 27.4 Å². The van der Waals surface area contributed by atoms with Crippen LogP contribution in [0.4, 0.5) is 15.9 Å². The Morgan fingerprint density at radius 1 is 1.09 bits per heavy atom. The maximum absolute atomic E-state index is 13.7. The molecule has 1 aliphatic rings. The largest absolute Gasteiger partial charge is 0.381 e. The van der Waals surface area contributed by atoms with Crippen LogP contribution in [0.5, 0.6) is 0 Å². The Morgan fingerprint density at radius 2 is 1.79 bits per heavy atom. The molecule has 1 fully saturated rings. The minimum absolute atomic E-state index is 0.0135. The van der Waals surface area contributed by atoms with Gasteiger partial charge < -0.3 is 11.1 Å². The van der Waals surface area contributed by atoms with E-state index in [1.807, 2.05) is 6.07 Å². The lowest BCUT2D eigenvalue weighted by Crippen LogP contribution is -2.34. The molecule has 33 heavy (non-hydrogen) atoms. The predicted octanol–water partition coefficient (Wildman–Crippen LogP) is 2.29. The minimum Gasteiger partial charge on any atom is -0.381 e. The van der Waals surface area contributed by atoms with Gasteiger partial charge in [-0.2, -0.15) is 4.98 Å². The van der Waals surface area contributed by atoms with Gasteiger partial charge in [0.25, 0.3) is 5.91 Å². The maximum Gasteiger partial charge on any atom is 0.349 e. The van der Waals surface area contributed by atoms with Gasteiger partial charge in [-0.15, -0.1) is 0 Å². The second-order valence-electron chi connectivity index (χ2n) is 7.79. The highest BCUT2D eigenvalue weighted by Gasteiger charge is 2.30. The number of nitrogen functional groups attached to an aromatic ring is 1. The third-order valence-corrected chi connectivity index (χ3v) is 7.05. The van der Waals surface area contributed by atoms with Gasteiger partial charge in [-0.3, -0.25) is 9.36 Å². The highest BCUT2D eigenvalue weighted by atomic mass is 32.2. The smallest absolute Gasteiger partial charge is 0.349 e. The molecule has 1 aliphatic carbocycles. The second-order valence-corrected chi connectivity index (χ2v) is 9.51. The van der Waals surface area contributed by atoms with Crippen molar-refractivity contribution in [3.05, 3.63) is 82.7 Å². The van der Waals surface area contributed by atoms with E-state index in [4.69, 9.17) is 5.73 Å². The summed E-state index contributed by atoms with van der Waals surface area (Å²) in [6, 6.07) is 13.7. The summed E-state index contributed by atoms with van der Waals surface area (Å²) < 4.78 is 43.1. The third-order valence-electron chi connectivity index (χ3n) is 5.51. The van der Waals surface area contributed by atoms with Crippen LogP contribution < -0.4 is 21.5 Å². The number of hydrogen-bond donors (Lipinski definition) is 3. The van der Waals surface area contributed by atoms with Crippen molar-refractivity contribution in [2.45, 2.75) is 36.2 Å². The molecule has 0 saturated heterocycles. The number of nitrogens with one attached hydrogen (secondary N) is 2.